The first-order valence-corrected chi connectivity index (χ1v) is 14.5. The van der Waals surface area contributed by atoms with Gasteiger partial charge in [-0.3, -0.25) is 4.79 Å². The van der Waals surface area contributed by atoms with E-state index in [-0.39, 0.29) is 23.4 Å². The van der Waals surface area contributed by atoms with Gasteiger partial charge >= 0.3 is 5.97 Å². The molecule has 0 aromatic heterocycles. The van der Waals surface area contributed by atoms with Crippen molar-refractivity contribution in [2.24, 2.45) is 11.8 Å². The number of ether oxygens (including phenoxy) is 2. The molecule has 38 heavy (non-hydrogen) atoms. The predicted octanol–water partition coefficient (Wildman–Crippen LogP) is 9.24. The fourth-order valence-electron chi connectivity index (χ4n) is 5.99. The zero-order valence-electron chi connectivity index (χ0n) is 22.7. The summed E-state index contributed by atoms with van der Waals surface area (Å²) < 4.78 is 55.5. The lowest BCUT2D eigenvalue weighted by Gasteiger charge is -2.28. The van der Waals surface area contributed by atoms with Crippen molar-refractivity contribution in [1.29, 1.82) is 0 Å². The van der Waals surface area contributed by atoms with Gasteiger partial charge in [-0.15, -0.1) is 0 Å². The smallest absolute Gasteiger partial charge is 0.314 e. The molecular weight excluding hydrogens is 489 g/mol. The van der Waals surface area contributed by atoms with E-state index in [9.17, 15) is 18.0 Å². The standard InChI is InChI=1S/C32H41F3O3/c1-3-4-5-6-19-37-25-15-16-26(28(33)20-25)22-11-13-24(14-12-22)32(36)38-29-18-17-27(30(34)31(29)35)23-9-7-21(2)8-10-23/h15-18,20-24H,3-14,19H2,1-2H3. The fourth-order valence-corrected chi connectivity index (χ4v) is 5.99. The van der Waals surface area contributed by atoms with E-state index in [0.717, 1.165) is 44.9 Å². The first-order chi connectivity index (χ1) is 18.4. The van der Waals surface area contributed by atoms with E-state index in [4.69, 9.17) is 9.47 Å². The van der Waals surface area contributed by atoms with Crippen molar-refractivity contribution in [1.82, 2.24) is 0 Å². The Labute approximate surface area is 225 Å². The number of benzene rings is 2. The van der Waals surface area contributed by atoms with Crippen LogP contribution in [0.5, 0.6) is 11.5 Å². The number of esters is 1. The Morgan fingerprint density at radius 3 is 2.16 bits per heavy atom. The van der Waals surface area contributed by atoms with Gasteiger partial charge in [0.25, 0.3) is 0 Å². The summed E-state index contributed by atoms with van der Waals surface area (Å²) in [5.41, 5.74) is 1.01. The maximum atomic E-state index is 14.8. The minimum absolute atomic E-state index is 0.00401. The van der Waals surface area contributed by atoms with Crippen LogP contribution in [0.3, 0.4) is 0 Å². The van der Waals surface area contributed by atoms with E-state index in [0.29, 0.717) is 55.1 Å². The Morgan fingerprint density at radius 1 is 0.816 bits per heavy atom. The quantitative estimate of drug-likeness (QED) is 0.174. The number of rotatable bonds is 10. The maximum absolute atomic E-state index is 14.8. The van der Waals surface area contributed by atoms with Crippen molar-refractivity contribution in [2.45, 2.75) is 103 Å². The summed E-state index contributed by atoms with van der Waals surface area (Å²) >= 11 is 0. The van der Waals surface area contributed by atoms with Crippen LogP contribution in [-0.2, 0) is 4.79 Å². The highest BCUT2D eigenvalue weighted by Crippen LogP contribution is 2.40. The van der Waals surface area contributed by atoms with Crippen molar-refractivity contribution in [3.05, 3.63) is 58.9 Å². The van der Waals surface area contributed by atoms with Gasteiger partial charge in [-0.2, -0.15) is 4.39 Å². The lowest BCUT2D eigenvalue weighted by Crippen LogP contribution is -2.26. The highest BCUT2D eigenvalue weighted by Gasteiger charge is 2.31. The molecule has 0 spiro atoms. The van der Waals surface area contributed by atoms with Crippen LogP contribution in [-0.4, -0.2) is 12.6 Å². The third-order valence-corrected chi connectivity index (χ3v) is 8.48. The van der Waals surface area contributed by atoms with Gasteiger partial charge in [-0.1, -0.05) is 58.1 Å². The number of hydrogen-bond donors (Lipinski definition) is 0. The van der Waals surface area contributed by atoms with Crippen LogP contribution in [0.4, 0.5) is 13.2 Å². The molecule has 2 aliphatic carbocycles. The second kappa shape index (κ2) is 13.5. The number of hydrogen-bond acceptors (Lipinski definition) is 3. The number of unbranched alkanes of at least 4 members (excludes halogenated alkanes) is 3. The molecule has 4 rings (SSSR count). The Balaban J connectivity index is 1.29. The molecule has 0 amide bonds. The summed E-state index contributed by atoms with van der Waals surface area (Å²) in [6, 6.07) is 8.00. The van der Waals surface area contributed by atoms with Crippen molar-refractivity contribution in [2.75, 3.05) is 6.61 Å². The minimum atomic E-state index is -1.09. The molecule has 2 saturated carbocycles. The van der Waals surface area contributed by atoms with E-state index in [1.807, 2.05) is 6.07 Å². The molecule has 2 aromatic rings. The summed E-state index contributed by atoms with van der Waals surface area (Å²) in [4.78, 5) is 12.8. The maximum Gasteiger partial charge on any atom is 0.314 e. The zero-order chi connectivity index (χ0) is 27.1. The average Bonchev–Trinajstić information content (AvgIpc) is 2.92. The van der Waals surface area contributed by atoms with Gasteiger partial charge in [0.2, 0.25) is 5.82 Å². The summed E-state index contributed by atoms with van der Waals surface area (Å²) in [5, 5.41) is 0. The molecule has 3 nitrogen and oxygen atoms in total. The van der Waals surface area contributed by atoms with E-state index < -0.39 is 23.5 Å². The van der Waals surface area contributed by atoms with E-state index in [1.54, 1.807) is 12.1 Å². The second-order valence-corrected chi connectivity index (χ2v) is 11.3. The second-order valence-electron chi connectivity index (χ2n) is 11.3. The van der Waals surface area contributed by atoms with Crippen molar-refractivity contribution < 1.29 is 27.4 Å². The number of halogens is 3. The molecule has 2 fully saturated rings. The SMILES string of the molecule is CCCCCCOc1ccc(C2CCC(C(=O)Oc3ccc(C4CCC(C)CC4)c(F)c3F)CC2)c(F)c1. The molecule has 2 aromatic carbocycles. The molecule has 0 aliphatic heterocycles. The molecule has 2 aliphatic rings. The van der Waals surface area contributed by atoms with Gasteiger partial charge in [0.05, 0.1) is 12.5 Å². The highest BCUT2D eigenvalue weighted by atomic mass is 19.2. The van der Waals surface area contributed by atoms with E-state index >= 15 is 0 Å². The normalized spacial score (nSPS) is 23.7. The summed E-state index contributed by atoms with van der Waals surface area (Å²) in [7, 11) is 0. The van der Waals surface area contributed by atoms with Gasteiger partial charge in [0.1, 0.15) is 11.6 Å². The zero-order valence-corrected chi connectivity index (χ0v) is 22.7. The van der Waals surface area contributed by atoms with E-state index in [1.165, 1.54) is 18.6 Å². The van der Waals surface area contributed by atoms with Gasteiger partial charge in [0.15, 0.2) is 11.6 Å². The van der Waals surface area contributed by atoms with Crippen LogP contribution in [0.25, 0.3) is 0 Å². The topological polar surface area (TPSA) is 35.5 Å². The lowest BCUT2D eigenvalue weighted by atomic mass is 9.78. The van der Waals surface area contributed by atoms with Crippen molar-refractivity contribution >= 4 is 5.97 Å². The van der Waals surface area contributed by atoms with Crippen LogP contribution >= 0.6 is 0 Å². The Morgan fingerprint density at radius 2 is 1.47 bits per heavy atom. The lowest BCUT2D eigenvalue weighted by molar-refractivity contribution is -0.140. The van der Waals surface area contributed by atoms with Gasteiger partial charge in [-0.05, 0) is 86.0 Å². The van der Waals surface area contributed by atoms with Crippen molar-refractivity contribution in [3.8, 4) is 11.5 Å². The minimum Gasteiger partial charge on any atom is -0.493 e. The highest BCUT2D eigenvalue weighted by molar-refractivity contribution is 5.75. The van der Waals surface area contributed by atoms with Gasteiger partial charge < -0.3 is 9.47 Å². The molecule has 208 valence electrons. The van der Waals surface area contributed by atoms with Crippen LogP contribution in [0.2, 0.25) is 0 Å². The van der Waals surface area contributed by atoms with E-state index in [2.05, 4.69) is 13.8 Å². The third kappa shape index (κ3) is 7.12. The summed E-state index contributed by atoms with van der Waals surface area (Å²) in [5.74, 6) is -2.42. The third-order valence-electron chi connectivity index (χ3n) is 8.48. The van der Waals surface area contributed by atoms with Crippen LogP contribution < -0.4 is 9.47 Å². The molecule has 0 N–H and O–H groups in total. The number of carbonyl (C=O) groups excluding carboxylic acids is 1. The molecular formula is C32H41F3O3. The molecule has 0 saturated heterocycles. The Hall–Kier alpha value is -2.50. The largest absolute Gasteiger partial charge is 0.493 e. The molecule has 0 bridgehead atoms. The molecule has 0 radical (unpaired) electrons. The molecule has 0 heterocycles. The first-order valence-electron chi connectivity index (χ1n) is 14.5. The summed E-state index contributed by atoms with van der Waals surface area (Å²) in [6.45, 7) is 4.92. The fraction of sp³-hybridized carbons (Fsp3) is 0.594. The Bertz CT molecular complexity index is 1070. The predicted molar refractivity (Wildman–Crippen MR) is 143 cm³/mol. The van der Waals surface area contributed by atoms with Crippen LogP contribution in [0.1, 0.15) is 114 Å². The van der Waals surface area contributed by atoms with Gasteiger partial charge in [-0.25, -0.2) is 8.78 Å². The number of carbonyl (C=O) groups is 1. The van der Waals surface area contributed by atoms with Crippen molar-refractivity contribution in [3.63, 3.8) is 0 Å². The first kappa shape index (κ1) is 28.5. The molecule has 6 heteroatoms. The van der Waals surface area contributed by atoms with Crippen LogP contribution in [0.15, 0.2) is 30.3 Å². The summed E-state index contributed by atoms with van der Waals surface area (Å²) in [6.07, 6.45) is 10.4. The Kier molecular flexibility index (Phi) is 10.1. The van der Waals surface area contributed by atoms with Crippen LogP contribution in [0, 0.1) is 29.3 Å². The van der Waals surface area contributed by atoms with Gasteiger partial charge in [0, 0.05) is 6.07 Å². The average molecular weight is 531 g/mol. The molecule has 0 atom stereocenters. The molecule has 0 unspecified atom stereocenters. The monoisotopic (exact) mass is 530 g/mol.